The molecule has 4 nitrogen and oxygen atoms in total. The SMILES string of the molecule is CN(CCC(=O)O)C(=O)CC(Cc1ccccc1)c1ccccc1. The number of amides is 1. The molecule has 0 fully saturated rings. The second kappa shape index (κ2) is 8.87. The summed E-state index contributed by atoms with van der Waals surface area (Å²) in [6.07, 6.45) is 1.12. The van der Waals surface area contributed by atoms with Crippen molar-refractivity contribution in [2.24, 2.45) is 0 Å². The van der Waals surface area contributed by atoms with Gasteiger partial charge in [-0.05, 0) is 23.5 Å². The first-order valence-corrected chi connectivity index (χ1v) is 8.11. The number of carboxylic acid groups (broad SMARTS) is 1. The summed E-state index contributed by atoms with van der Waals surface area (Å²) >= 11 is 0. The lowest BCUT2D eigenvalue weighted by molar-refractivity contribution is -0.138. The Kier molecular flexibility index (Phi) is 6.55. The molecule has 2 aromatic rings. The van der Waals surface area contributed by atoms with Gasteiger partial charge in [-0.25, -0.2) is 0 Å². The number of aliphatic carboxylic acids is 1. The number of carbonyl (C=O) groups excluding carboxylic acids is 1. The Labute approximate surface area is 142 Å². The zero-order valence-electron chi connectivity index (χ0n) is 13.9. The van der Waals surface area contributed by atoms with Crippen molar-refractivity contribution in [3.8, 4) is 0 Å². The summed E-state index contributed by atoms with van der Waals surface area (Å²) in [6, 6.07) is 20.1. The fraction of sp³-hybridized carbons (Fsp3) is 0.300. The van der Waals surface area contributed by atoms with Gasteiger partial charge in [0.1, 0.15) is 0 Å². The quantitative estimate of drug-likeness (QED) is 0.810. The predicted molar refractivity (Wildman–Crippen MR) is 93.8 cm³/mol. The fourth-order valence-electron chi connectivity index (χ4n) is 2.69. The van der Waals surface area contributed by atoms with Crippen molar-refractivity contribution in [1.29, 1.82) is 0 Å². The van der Waals surface area contributed by atoms with E-state index < -0.39 is 5.97 Å². The molecule has 1 atom stereocenters. The Morgan fingerprint density at radius 3 is 2.17 bits per heavy atom. The zero-order chi connectivity index (χ0) is 17.4. The van der Waals surface area contributed by atoms with Crippen LogP contribution in [0.15, 0.2) is 60.7 Å². The van der Waals surface area contributed by atoms with Gasteiger partial charge < -0.3 is 10.0 Å². The smallest absolute Gasteiger partial charge is 0.305 e. The van der Waals surface area contributed by atoms with E-state index in [4.69, 9.17) is 5.11 Å². The van der Waals surface area contributed by atoms with Gasteiger partial charge in [-0.1, -0.05) is 60.7 Å². The van der Waals surface area contributed by atoms with Gasteiger partial charge in [0.05, 0.1) is 6.42 Å². The Morgan fingerprint density at radius 2 is 1.58 bits per heavy atom. The molecule has 24 heavy (non-hydrogen) atoms. The minimum absolute atomic E-state index is 0.0268. The summed E-state index contributed by atoms with van der Waals surface area (Å²) in [5.41, 5.74) is 2.31. The van der Waals surface area contributed by atoms with Crippen LogP contribution in [0.1, 0.15) is 29.9 Å². The topological polar surface area (TPSA) is 57.6 Å². The van der Waals surface area contributed by atoms with Gasteiger partial charge in [0, 0.05) is 20.0 Å². The van der Waals surface area contributed by atoms with E-state index in [0.717, 1.165) is 12.0 Å². The first kappa shape index (κ1) is 17.7. The van der Waals surface area contributed by atoms with Crippen LogP contribution < -0.4 is 0 Å². The highest BCUT2D eigenvalue weighted by atomic mass is 16.4. The molecule has 0 aromatic heterocycles. The van der Waals surface area contributed by atoms with E-state index >= 15 is 0 Å². The molecule has 0 saturated heterocycles. The van der Waals surface area contributed by atoms with Crippen molar-refractivity contribution < 1.29 is 14.7 Å². The molecule has 126 valence electrons. The Morgan fingerprint density at radius 1 is 1.00 bits per heavy atom. The van der Waals surface area contributed by atoms with Crippen LogP contribution >= 0.6 is 0 Å². The average molecular weight is 325 g/mol. The Bertz CT molecular complexity index is 655. The van der Waals surface area contributed by atoms with Crippen molar-refractivity contribution in [3.05, 3.63) is 71.8 Å². The number of carbonyl (C=O) groups is 2. The van der Waals surface area contributed by atoms with Crippen LogP contribution in [0.25, 0.3) is 0 Å². The van der Waals surface area contributed by atoms with Crippen LogP contribution in [-0.2, 0) is 16.0 Å². The highest BCUT2D eigenvalue weighted by Gasteiger charge is 2.19. The molecule has 0 saturated carbocycles. The largest absolute Gasteiger partial charge is 0.481 e. The summed E-state index contributed by atoms with van der Waals surface area (Å²) in [4.78, 5) is 24.6. The molecule has 0 aliphatic heterocycles. The van der Waals surface area contributed by atoms with Crippen LogP contribution in [0.3, 0.4) is 0 Å². The summed E-state index contributed by atoms with van der Waals surface area (Å²) in [5, 5.41) is 8.76. The number of hydrogen-bond donors (Lipinski definition) is 1. The molecule has 0 aliphatic rings. The molecule has 0 bridgehead atoms. The van der Waals surface area contributed by atoms with Gasteiger partial charge in [0.25, 0.3) is 0 Å². The first-order chi connectivity index (χ1) is 11.6. The monoisotopic (exact) mass is 325 g/mol. The molecule has 4 heteroatoms. The molecule has 2 aromatic carbocycles. The minimum atomic E-state index is -0.890. The van der Waals surface area contributed by atoms with E-state index in [1.54, 1.807) is 7.05 Å². The molecular formula is C20H23NO3. The van der Waals surface area contributed by atoms with Gasteiger partial charge in [-0.3, -0.25) is 9.59 Å². The highest BCUT2D eigenvalue weighted by Crippen LogP contribution is 2.25. The summed E-state index contributed by atoms with van der Waals surface area (Å²) < 4.78 is 0. The lowest BCUT2D eigenvalue weighted by Crippen LogP contribution is -2.30. The van der Waals surface area contributed by atoms with Crippen molar-refractivity contribution in [3.63, 3.8) is 0 Å². The maximum absolute atomic E-state index is 12.5. The third kappa shape index (κ3) is 5.54. The van der Waals surface area contributed by atoms with Gasteiger partial charge in [0.15, 0.2) is 0 Å². The van der Waals surface area contributed by atoms with Crippen molar-refractivity contribution >= 4 is 11.9 Å². The van der Waals surface area contributed by atoms with E-state index in [1.807, 2.05) is 48.5 Å². The number of nitrogens with zero attached hydrogens (tertiary/aromatic N) is 1. The van der Waals surface area contributed by atoms with Crippen LogP contribution in [0.4, 0.5) is 0 Å². The van der Waals surface area contributed by atoms with Gasteiger partial charge in [-0.2, -0.15) is 0 Å². The van der Waals surface area contributed by atoms with E-state index in [0.29, 0.717) is 6.42 Å². The van der Waals surface area contributed by atoms with Gasteiger partial charge >= 0.3 is 5.97 Å². The lowest BCUT2D eigenvalue weighted by Gasteiger charge is -2.22. The summed E-state index contributed by atoms with van der Waals surface area (Å²) in [7, 11) is 1.66. The van der Waals surface area contributed by atoms with E-state index in [2.05, 4.69) is 12.1 Å². The van der Waals surface area contributed by atoms with Crippen LogP contribution in [0.5, 0.6) is 0 Å². The number of carboxylic acids is 1. The molecule has 1 unspecified atom stereocenters. The summed E-state index contributed by atoms with van der Waals surface area (Å²) in [5.74, 6) is -0.840. The molecule has 0 spiro atoms. The predicted octanol–water partition coefficient (Wildman–Crippen LogP) is 3.34. The third-order valence-electron chi connectivity index (χ3n) is 4.10. The Balaban J connectivity index is 2.08. The zero-order valence-corrected chi connectivity index (χ0v) is 13.9. The number of benzene rings is 2. The molecular weight excluding hydrogens is 302 g/mol. The van der Waals surface area contributed by atoms with Crippen molar-refractivity contribution in [1.82, 2.24) is 4.90 Å². The van der Waals surface area contributed by atoms with Gasteiger partial charge in [0.2, 0.25) is 5.91 Å². The maximum Gasteiger partial charge on any atom is 0.305 e. The van der Waals surface area contributed by atoms with Crippen LogP contribution in [-0.4, -0.2) is 35.5 Å². The third-order valence-corrected chi connectivity index (χ3v) is 4.10. The minimum Gasteiger partial charge on any atom is -0.481 e. The number of hydrogen-bond acceptors (Lipinski definition) is 2. The van der Waals surface area contributed by atoms with E-state index in [9.17, 15) is 9.59 Å². The molecule has 2 rings (SSSR count). The highest BCUT2D eigenvalue weighted by molar-refractivity contribution is 5.77. The second-order valence-electron chi connectivity index (χ2n) is 5.96. The average Bonchev–Trinajstić information content (AvgIpc) is 2.60. The van der Waals surface area contributed by atoms with Crippen molar-refractivity contribution in [2.45, 2.75) is 25.2 Å². The van der Waals surface area contributed by atoms with Crippen molar-refractivity contribution in [2.75, 3.05) is 13.6 Å². The molecule has 0 radical (unpaired) electrons. The molecule has 0 aliphatic carbocycles. The fourth-order valence-corrected chi connectivity index (χ4v) is 2.69. The lowest BCUT2D eigenvalue weighted by atomic mass is 9.89. The van der Waals surface area contributed by atoms with E-state index in [1.165, 1.54) is 10.5 Å². The van der Waals surface area contributed by atoms with E-state index in [-0.39, 0.29) is 24.8 Å². The standard InChI is InChI=1S/C20H23NO3/c1-21(13-12-20(23)24)19(22)15-18(17-10-6-3-7-11-17)14-16-8-4-2-5-9-16/h2-11,18H,12-15H2,1H3,(H,23,24). The van der Waals surface area contributed by atoms with Crippen LogP contribution in [0.2, 0.25) is 0 Å². The normalized spacial score (nSPS) is 11.7. The second-order valence-corrected chi connectivity index (χ2v) is 5.96. The Hall–Kier alpha value is -2.62. The maximum atomic E-state index is 12.5. The molecule has 1 amide bonds. The molecule has 0 heterocycles. The number of rotatable bonds is 8. The summed E-state index contributed by atoms with van der Waals surface area (Å²) in [6.45, 7) is 0.237. The van der Waals surface area contributed by atoms with Crippen LogP contribution in [0, 0.1) is 0 Å². The van der Waals surface area contributed by atoms with Gasteiger partial charge in [-0.15, -0.1) is 0 Å². The molecule has 1 N–H and O–H groups in total. The first-order valence-electron chi connectivity index (χ1n) is 8.11.